The molecule has 0 fully saturated rings. The van der Waals surface area contributed by atoms with E-state index in [1.807, 2.05) is 29.1 Å². The predicted octanol–water partition coefficient (Wildman–Crippen LogP) is 2.35. The quantitative estimate of drug-likeness (QED) is 0.866. The SMILES string of the molecule is COCC(Nc1ccc(-n2ccnc2)nc1)C(C)C. The van der Waals surface area contributed by atoms with Crippen molar-refractivity contribution in [2.75, 3.05) is 19.0 Å². The molecular formula is C14H20N4O. The summed E-state index contributed by atoms with van der Waals surface area (Å²) in [5, 5.41) is 3.44. The van der Waals surface area contributed by atoms with Crippen molar-refractivity contribution in [1.82, 2.24) is 14.5 Å². The fourth-order valence-electron chi connectivity index (χ4n) is 1.81. The molecule has 2 aromatic rings. The molecule has 2 aromatic heterocycles. The summed E-state index contributed by atoms with van der Waals surface area (Å²) in [6, 6.07) is 4.27. The molecule has 0 saturated heterocycles. The van der Waals surface area contributed by atoms with E-state index in [1.165, 1.54) is 0 Å². The Hall–Kier alpha value is -1.88. The van der Waals surface area contributed by atoms with Gasteiger partial charge in [0.1, 0.15) is 12.1 Å². The van der Waals surface area contributed by atoms with Crippen LogP contribution >= 0.6 is 0 Å². The van der Waals surface area contributed by atoms with E-state index >= 15 is 0 Å². The summed E-state index contributed by atoms with van der Waals surface area (Å²) >= 11 is 0. The molecule has 0 amide bonds. The minimum absolute atomic E-state index is 0.283. The largest absolute Gasteiger partial charge is 0.383 e. The maximum atomic E-state index is 5.22. The Morgan fingerprint density at radius 1 is 1.37 bits per heavy atom. The van der Waals surface area contributed by atoms with Gasteiger partial charge in [-0.3, -0.25) is 4.57 Å². The average Bonchev–Trinajstić information content (AvgIpc) is 2.93. The lowest BCUT2D eigenvalue weighted by atomic mass is 10.1. The zero-order valence-electron chi connectivity index (χ0n) is 11.6. The van der Waals surface area contributed by atoms with Gasteiger partial charge < -0.3 is 10.1 Å². The summed E-state index contributed by atoms with van der Waals surface area (Å²) in [6.45, 7) is 5.02. The molecule has 0 aliphatic heterocycles. The lowest BCUT2D eigenvalue weighted by Gasteiger charge is -2.22. The van der Waals surface area contributed by atoms with Gasteiger partial charge in [0, 0.05) is 19.5 Å². The van der Waals surface area contributed by atoms with Gasteiger partial charge in [0.2, 0.25) is 0 Å². The minimum Gasteiger partial charge on any atom is -0.383 e. The molecule has 1 atom stereocenters. The van der Waals surface area contributed by atoms with E-state index in [-0.39, 0.29) is 6.04 Å². The van der Waals surface area contributed by atoms with Crippen molar-refractivity contribution in [3.05, 3.63) is 37.1 Å². The first-order chi connectivity index (χ1) is 9.20. The van der Waals surface area contributed by atoms with E-state index in [4.69, 9.17) is 4.74 Å². The number of anilines is 1. The van der Waals surface area contributed by atoms with Gasteiger partial charge in [-0.05, 0) is 18.1 Å². The zero-order valence-corrected chi connectivity index (χ0v) is 11.6. The topological polar surface area (TPSA) is 52.0 Å². The van der Waals surface area contributed by atoms with Gasteiger partial charge in [-0.1, -0.05) is 13.8 Å². The maximum Gasteiger partial charge on any atom is 0.137 e. The van der Waals surface area contributed by atoms with Gasteiger partial charge in [0.05, 0.1) is 24.5 Å². The number of ether oxygens (including phenoxy) is 1. The Labute approximate surface area is 113 Å². The molecular weight excluding hydrogens is 240 g/mol. The summed E-state index contributed by atoms with van der Waals surface area (Å²) in [6.07, 6.45) is 7.18. The van der Waals surface area contributed by atoms with Crippen molar-refractivity contribution in [2.24, 2.45) is 5.92 Å². The van der Waals surface area contributed by atoms with Crippen molar-refractivity contribution >= 4 is 5.69 Å². The van der Waals surface area contributed by atoms with E-state index in [0.29, 0.717) is 12.5 Å². The summed E-state index contributed by atoms with van der Waals surface area (Å²) in [7, 11) is 1.72. The molecule has 0 aromatic carbocycles. The number of hydrogen-bond donors (Lipinski definition) is 1. The van der Waals surface area contributed by atoms with Crippen LogP contribution in [0.5, 0.6) is 0 Å². The fourth-order valence-corrected chi connectivity index (χ4v) is 1.81. The number of nitrogens with zero attached hydrogens (tertiary/aromatic N) is 3. The van der Waals surface area contributed by atoms with Gasteiger partial charge in [-0.2, -0.15) is 0 Å². The molecule has 0 bridgehead atoms. The van der Waals surface area contributed by atoms with E-state index in [0.717, 1.165) is 11.5 Å². The van der Waals surface area contributed by atoms with Gasteiger partial charge >= 0.3 is 0 Å². The number of hydrogen-bond acceptors (Lipinski definition) is 4. The monoisotopic (exact) mass is 260 g/mol. The lowest BCUT2D eigenvalue weighted by Crippen LogP contribution is -2.30. The number of nitrogens with one attached hydrogen (secondary N) is 1. The van der Waals surface area contributed by atoms with E-state index < -0.39 is 0 Å². The highest BCUT2D eigenvalue weighted by Crippen LogP contribution is 2.14. The molecule has 5 nitrogen and oxygen atoms in total. The van der Waals surface area contributed by atoms with Gasteiger partial charge in [-0.15, -0.1) is 0 Å². The normalized spacial score (nSPS) is 12.6. The summed E-state index contributed by atoms with van der Waals surface area (Å²) < 4.78 is 7.10. The van der Waals surface area contributed by atoms with E-state index in [1.54, 1.807) is 19.6 Å². The Kier molecular flexibility index (Phi) is 4.52. The molecule has 102 valence electrons. The van der Waals surface area contributed by atoms with Crippen LogP contribution in [-0.2, 0) is 4.74 Å². The van der Waals surface area contributed by atoms with Crippen LogP contribution in [0, 0.1) is 5.92 Å². The highest BCUT2D eigenvalue weighted by Gasteiger charge is 2.12. The predicted molar refractivity (Wildman–Crippen MR) is 75.5 cm³/mol. The number of imidazole rings is 1. The van der Waals surface area contributed by atoms with Crippen molar-refractivity contribution in [3.63, 3.8) is 0 Å². The van der Waals surface area contributed by atoms with Crippen LogP contribution in [0.4, 0.5) is 5.69 Å². The number of methoxy groups -OCH3 is 1. The van der Waals surface area contributed by atoms with Crippen molar-refractivity contribution in [3.8, 4) is 5.82 Å². The van der Waals surface area contributed by atoms with Crippen molar-refractivity contribution in [2.45, 2.75) is 19.9 Å². The van der Waals surface area contributed by atoms with Gasteiger partial charge in [0.15, 0.2) is 0 Å². The molecule has 0 saturated carbocycles. The summed E-state index contributed by atoms with van der Waals surface area (Å²) in [4.78, 5) is 8.42. The molecule has 0 aliphatic carbocycles. The number of rotatable bonds is 6. The summed E-state index contributed by atoms with van der Waals surface area (Å²) in [5.41, 5.74) is 1.000. The first-order valence-electron chi connectivity index (χ1n) is 6.40. The Morgan fingerprint density at radius 2 is 2.21 bits per heavy atom. The number of pyridine rings is 1. The van der Waals surface area contributed by atoms with Crippen LogP contribution in [0.1, 0.15) is 13.8 Å². The van der Waals surface area contributed by atoms with Crippen molar-refractivity contribution < 1.29 is 4.74 Å². The average molecular weight is 260 g/mol. The van der Waals surface area contributed by atoms with Crippen molar-refractivity contribution in [1.29, 1.82) is 0 Å². The highest BCUT2D eigenvalue weighted by atomic mass is 16.5. The first kappa shape index (κ1) is 13.5. The van der Waals surface area contributed by atoms with E-state index in [2.05, 4.69) is 29.1 Å². The molecule has 1 unspecified atom stereocenters. The fraction of sp³-hybridized carbons (Fsp3) is 0.429. The maximum absolute atomic E-state index is 5.22. The Bertz CT molecular complexity index is 479. The molecule has 2 rings (SSSR count). The minimum atomic E-state index is 0.283. The third-order valence-electron chi connectivity index (χ3n) is 3.02. The molecule has 5 heteroatoms. The molecule has 2 heterocycles. The second kappa shape index (κ2) is 6.33. The lowest BCUT2D eigenvalue weighted by molar-refractivity contribution is 0.171. The third kappa shape index (κ3) is 3.54. The molecule has 1 N–H and O–H groups in total. The smallest absolute Gasteiger partial charge is 0.137 e. The Balaban J connectivity index is 2.06. The van der Waals surface area contributed by atoms with Crippen LogP contribution in [0.25, 0.3) is 5.82 Å². The second-order valence-electron chi connectivity index (χ2n) is 4.83. The van der Waals surface area contributed by atoms with Crippen LogP contribution < -0.4 is 5.32 Å². The van der Waals surface area contributed by atoms with Crippen LogP contribution in [0.15, 0.2) is 37.1 Å². The highest BCUT2D eigenvalue weighted by molar-refractivity contribution is 5.44. The first-order valence-corrected chi connectivity index (χ1v) is 6.40. The Morgan fingerprint density at radius 3 is 2.74 bits per heavy atom. The molecule has 0 spiro atoms. The van der Waals surface area contributed by atoms with E-state index in [9.17, 15) is 0 Å². The van der Waals surface area contributed by atoms with Gasteiger partial charge in [0.25, 0.3) is 0 Å². The van der Waals surface area contributed by atoms with Crippen LogP contribution in [-0.4, -0.2) is 34.3 Å². The number of aromatic nitrogens is 3. The summed E-state index contributed by atoms with van der Waals surface area (Å²) in [5.74, 6) is 1.35. The molecule has 0 radical (unpaired) electrons. The van der Waals surface area contributed by atoms with Crippen LogP contribution in [0.2, 0.25) is 0 Å². The van der Waals surface area contributed by atoms with Crippen LogP contribution in [0.3, 0.4) is 0 Å². The van der Waals surface area contributed by atoms with Gasteiger partial charge in [-0.25, -0.2) is 9.97 Å². The molecule has 19 heavy (non-hydrogen) atoms. The second-order valence-corrected chi connectivity index (χ2v) is 4.83. The molecule has 0 aliphatic rings. The third-order valence-corrected chi connectivity index (χ3v) is 3.02. The zero-order chi connectivity index (χ0) is 13.7. The standard InChI is InChI=1S/C14H20N4O/c1-11(2)13(9-19-3)17-12-4-5-14(16-8-12)18-7-6-15-10-18/h4-8,10-11,13,17H,9H2,1-3H3.